The molecule has 0 aromatic heterocycles. The molecular formula is C22H22N2O4S. The van der Waals surface area contributed by atoms with Crippen LogP contribution in [-0.4, -0.2) is 30.1 Å². The number of anilines is 2. The van der Waals surface area contributed by atoms with Crippen LogP contribution in [-0.2, 0) is 14.4 Å². The van der Waals surface area contributed by atoms with Crippen LogP contribution >= 0.6 is 11.8 Å². The summed E-state index contributed by atoms with van der Waals surface area (Å²) < 4.78 is 5.62. The van der Waals surface area contributed by atoms with Crippen molar-refractivity contribution in [2.75, 3.05) is 22.6 Å². The van der Waals surface area contributed by atoms with Crippen LogP contribution in [0.25, 0.3) is 5.57 Å². The molecule has 0 aliphatic carbocycles. The minimum atomic E-state index is -0.384. The Hall–Kier alpha value is -3.06. The molecule has 2 aromatic rings. The largest absolute Gasteiger partial charge is 0.492 e. The molecule has 150 valence electrons. The fourth-order valence-electron chi connectivity index (χ4n) is 3.10. The second-order valence-electron chi connectivity index (χ2n) is 6.24. The molecule has 1 N–H and O–H groups in total. The van der Waals surface area contributed by atoms with E-state index in [1.165, 1.54) is 23.6 Å². The van der Waals surface area contributed by atoms with E-state index in [9.17, 15) is 14.4 Å². The first-order chi connectivity index (χ1) is 14.0. The van der Waals surface area contributed by atoms with Gasteiger partial charge in [0.25, 0.3) is 11.8 Å². The second-order valence-corrected chi connectivity index (χ2v) is 7.52. The van der Waals surface area contributed by atoms with Crippen LogP contribution in [0, 0.1) is 0 Å². The number of amides is 3. The van der Waals surface area contributed by atoms with E-state index in [0.717, 1.165) is 0 Å². The lowest BCUT2D eigenvalue weighted by molar-refractivity contribution is -0.120. The molecule has 0 unspecified atom stereocenters. The van der Waals surface area contributed by atoms with Gasteiger partial charge in [-0.25, -0.2) is 4.90 Å². The molecule has 0 radical (unpaired) electrons. The SMILES string of the molecule is CCOc1ccccc1N1C(=O)C(SCC)=C(c2ccc(NC(C)=O)cc2)C1=O. The summed E-state index contributed by atoms with van der Waals surface area (Å²) in [7, 11) is 0. The highest BCUT2D eigenvalue weighted by atomic mass is 32.2. The zero-order chi connectivity index (χ0) is 21.0. The van der Waals surface area contributed by atoms with Crippen LogP contribution in [0.2, 0.25) is 0 Å². The Bertz CT molecular complexity index is 983. The Labute approximate surface area is 173 Å². The lowest BCUT2D eigenvalue weighted by Gasteiger charge is -2.18. The predicted molar refractivity (Wildman–Crippen MR) is 116 cm³/mol. The normalized spacial score (nSPS) is 13.8. The first-order valence-electron chi connectivity index (χ1n) is 9.33. The molecule has 0 spiro atoms. The number of rotatable bonds is 7. The Morgan fingerprint density at radius 3 is 2.34 bits per heavy atom. The molecule has 1 aliphatic heterocycles. The van der Waals surface area contributed by atoms with Gasteiger partial charge in [0.1, 0.15) is 5.75 Å². The number of hydrogen-bond acceptors (Lipinski definition) is 5. The van der Waals surface area contributed by atoms with Crippen LogP contribution in [0.4, 0.5) is 11.4 Å². The van der Waals surface area contributed by atoms with E-state index in [4.69, 9.17) is 4.74 Å². The zero-order valence-electron chi connectivity index (χ0n) is 16.5. The molecule has 6 nitrogen and oxygen atoms in total. The third-order valence-electron chi connectivity index (χ3n) is 4.23. The average Bonchev–Trinajstić information content (AvgIpc) is 2.93. The maximum absolute atomic E-state index is 13.3. The molecule has 0 saturated heterocycles. The van der Waals surface area contributed by atoms with Gasteiger partial charge in [0.2, 0.25) is 5.91 Å². The van der Waals surface area contributed by atoms with Gasteiger partial charge < -0.3 is 10.1 Å². The van der Waals surface area contributed by atoms with Crippen LogP contribution in [0.3, 0.4) is 0 Å². The van der Waals surface area contributed by atoms with Crippen LogP contribution in [0.5, 0.6) is 5.75 Å². The van der Waals surface area contributed by atoms with Gasteiger partial charge in [0, 0.05) is 12.6 Å². The summed E-state index contributed by atoms with van der Waals surface area (Å²) in [6.45, 7) is 5.64. The summed E-state index contributed by atoms with van der Waals surface area (Å²) in [6, 6.07) is 13.9. The number of ether oxygens (including phenoxy) is 1. The number of nitrogens with one attached hydrogen (secondary N) is 1. The molecule has 0 atom stereocenters. The van der Waals surface area contributed by atoms with E-state index >= 15 is 0 Å². The first-order valence-corrected chi connectivity index (χ1v) is 10.3. The van der Waals surface area contributed by atoms with Gasteiger partial charge in [0.05, 0.1) is 22.8 Å². The molecule has 2 aromatic carbocycles. The first kappa shape index (κ1) is 20.7. The zero-order valence-corrected chi connectivity index (χ0v) is 17.3. The smallest absolute Gasteiger partial charge is 0.272 e. The highest BCUT2D eigenvalue weighted by Gasteiger charge is 2.41. The van der Waals surface area contributed by atoms with Crippen molar-refractivity contribution in [2.45, 2.75) is 20.8 Å². The maximum Gasteiger partial charge on any atom is 0.272 e. The number of carbonyl (C=O) groups excluding carboxylic acids is 3. The number of benzene rings is 2. The highest BCUT2D eigenvalue weighted by Crippen LogP contribution is 2.41. The quantitative estimate of drug-likeness (QED) is 0.696. The molecule has 0 fully saturated rings. The minimum absolute atomic E-state index is 0.176. The summed E-state index contributed by atoms with van der Waals surface area (Å²) in [6.07, 6.45) is 0. The Morgan fingerprint density at radius 1 is 1.03 bits per heavy atom. The van der Waals surface area contributed by atoms with E-state index in [0.29, 0.717) is 45.5 Å². The lowest BCUT2D eigenvalue weighted by Crippen LogP contribution is -2.31. The van der Waals surface area contributed by atoms with Gasteiger partial charge >= 0.3 is 0 Å². The summed E-state index contributed by atoms with van der Waals surface area (Å²) in [5, 5.41) is 2.70. The van der Waals surface area contributed by atoms with Crippen molar-refractivity contribution in [3.63, 3.8) is 0 Å². The Morgan fingerprint density at radius 2 is 1.72 bits per heavy atom. The van der Waals surface area contributed by atoms with E-state index in [1.54, 1.807) is 48.5 Å². The van der Waals surface area contributed by atoms with Gasteiger partial charge in [0.15, 0.2) is 0 Å². The van der Waals surface area contributed by atoms with Crippen LogP contribution in [0.1, 0.15) is 26.3 Å². The Kier molecular flexibility index (Phi) is 6.39. The molecule has 1 aliphatic rings. The number of carbonyl (C=O) groups is 3. The predicted octanol–water partition coefficient (Wildman–Crippen LogP) is 4.08. The van der Waals surface area contributed by atoms with E-state index in [1.807, 2.05) is 13.8 Å². The van der Waals surface area contributed by atoms with Crippen LogP contribution in [0.15, 0.2) is 53.4 Å². The fourth-order valence-corrected chi connectivity index (χ4v) is 3.96. The monoisotopic (exact) mass is 410 g/mol. The lowest BCUT2D eigenvalue weighted by atomic mass is 10.1. The summed E-state index contributed by atoms with van der Waals surface area (Å²) >= 11 is 1.34. The van der Waals surface area contributed by atoms with Gasteiger partial charge in [-0.3, -0.25) is 14.4 Å². The van der Waals surface area contributed by atoms with Crippen LogP contribution < -0.4 is 15.0 Å². The standard InChI is InChI=1S/C22H22N2O4S/c1-4-28-18-9-7-6-8-17(18)24-21(26)19(20(22(24)27)29-5-2)15-10-12-16(13-11-15)23-14(3)25/h6-13H,4-5H2,1-3H3,(H,23,25). The van der Waals surface area contributed by atoms with Gasteiger partial charge in [-0.15, -0.1) is 11.8 Å². The van der Waals surface area contributed by atoms with Gasteiger partial charge in [-0.1, -0.05) is 31.2 Å². The summed E-state index contributed by atoms with van der Waals surface area (Å²) in [4.78, 5) is 39.3. The molecule has 3 rings (SSSR count). The fraction of sp³-hybridized carbons (Fsp3) is 0.227. The topological polar surface area (TPSA) is 75.7 Å². The van der Waals surface area contributed by atoms with E-state index in [2.05, 4.69) is 5.32 Å². The van der Waals surface area contributed by atoms with E-state index in [-0.39, 0.29) is 17.7 Å². The highest BCUT2D eigenvalue weighted by molar-refractivity contribution is 8.04. The number of thioether (sulfide) groups is 1. The number of hydrogen-bond donors (Lipinski definition) is 1. The number of para-hydroxylation sites is 2. The van der Waals surface area contributed by atoms with Crippen molar-refractivity contribution in [1.82, 2.24) is 0 Å². The minimum Gasteiger partial charge on any atom is -0.492 e. The van der Waals surface area contributed by atoms with Crippen molar-refractivity contribution in [1.29, 1.82) is 0 Å². The summed E-state index contributed by atoms with van der Waals surface area (Å²) in [5.41, 5.74) is 2.05. The summed E-state index contributed by atoms with van der Waals surface area (Å²) in [5.74, 6) is 0.230. The van der Waals surface area contributed by atoms with Crippen molar-refractivity contribution in [3.8, 4) is 5.75 Å². The molecule has 0 saturated carbocycles. The average molecular weight is 410 g/mol. The molecule has 7 heteroatoms. The number of imide groups is 1. The second kappa shape index (κ2) is 8.96. The van der Waals surface area contributed by atoms with Crippen molar-refractivity contribution >= 4 is 46.4 Å². The Balaban J connectivity index is 2.03. The van der Waals surface area contributed by atoms with Gasteiger partial charge in [-0.2, -0.15) is 0 Å². The number of nitrogens with zero attached hydrogens (tertiary/aromatic N) is 1. The maximum atomic E-state index is 13.3. The third-order valence-corrected chi connectivity index (χ3v) is 5.19. The molecule has 0 bridgehead atoms. The van der Waals surface area contributed by atoms with Crippen molar-refractivity contribution < 1.29 is 19.1 Å². The molecule has 3 amide bonds. The molecular weight excluding hydrogens is 388 g/mol. The van der Waals surface area contributed by atoms with E-state index < -0.39 is 0 Å². The van der Waals surface area contributed by atoms with Gasteiger partial charge in [-0.05, 0) is 42.5 Å². The third kappa shape index (κ3) is 4.19. The molecule has 29 heavy (non-hydrogen) atoms. The van der Waals surface area contributed by atoms with Crippen molar-refractivity contribution in [3.05, 3.63) is 59.0 Å². The molecule has 1 heterocycles. The van der Waals surface area contributed by atoms with Crippen molar-refractivity contribution in [2.24, 2.45) is 0 Å².